The van der Waals surface area contributed by atoms with E-state index in [9.17, 15) is 34.2 Å². The number of fused-ring (bicyclic) bond motifs is 1. The van der Waals surface area contributed by atoms with Crippen LogP contribution in [0.15, 0.2) is 99.8 Å². The maximum Gasteiger partial charge on any atom is 0.338 e. The molecule has 4 aromatic rings. The van der Waals surface area contributed by atoms with Crippen LogP contribution < -0.4 is 17.1 Å². The Kier molecular flexibility index (Phi) is 9.63. The third kappa shape index (κ3) is 6.97. The van der Waals surface area contributed by atoms with Crippen molar-refractivity contribution in [2.75, 3.05) is 13.2 Å². The zero-order valence-electron chi connectivity index (χ0n) is 22.5. The fraction of sp³-hybridized carbons (Fsp3) is 0.233. The van der Waals surface area contributed by atoms with Crippen LogP contribution >= 0.6 is 0 Å². The number of benzene rings is 3. The molecule has 3 aromatic carbocycles. The molecule has 42 heavy (non-hydrogen) atoms. The Bertz CT molecular complexity index is 1770. The van der Waals surface area contributed by atoms with Crippen molar-refractivity contribution in [1.29, 1.82) is 0 Å². The molecule has 12 heteroatoms. The van der Waals surface area contributed by atoms with Crippen molar-refractivity contribution in [1.82, 2.24) is 13.7 Å². The van der Waals surface area contributed by atoms with Gasteiger partial charge in [-0.3, -0.25) is 0 Å². The number of esters is 2. The van der Waals surface area contributed by atoms with Crippen LogP contribution in [0.4, 0.5) is 0 Å². The Morgan fingerprint density at radius 2 is 1.19 bits per heavy atom. The molecule has 0 aliphatic carbocycles. The number of nitrogens with zero attached hydrogens (tertiary/aromatic N) is 3. The van der Waals surface area contributed by atoms with Crippen molar-refractivity contribution < 1.29 is 29.3 Å². The average Bonchev–Trinajstić information content (AvgIpc) is 3.01. The number of allylic oxidation sites excluding steroid dienone is 1. The molecule has 12 nitrogen and oxygen atoms in total. The quantitative estimate of drug-likeness (QED) is 0.185. The molecule has 4 rings (SSSR count). The Morgan fingerprint density at radius 3 is 1.76 bits per heavy atom. The first kappa shape index (κ1) is 29.9. The lowest BCUT2D eigenvalue weighted by molar-refractivity contribution is 0.0189. The number of aliphatic hydroxyl groups is 2. The van der Waals surface area contributed by atoms with Gasteiger partial charge in [0, 0.05) is 0 Å². The lowest BCUT2D eigenvalue weighted by atomic mass is 10.1. The summed E-state index contributed by atoms with van der Waals surface area (Å²) in [4.78, 5) is 63.7. The predicted molar refractivity (Wildman–Crippen MR) is 152 cm³/mol. The smallest absolute Gasteiger partial charge is 0.338 e. The van der Waals surface area contributed by atoms with E-state index >= 15 is 0 Å². The van der Waals surface area contributed by atoms with Crippen molar-refractivity contribution in [2.45, 2.75) is 31.8 Å². The summed E-state index contributed by atoms with van der Waals surface area (Å²) in [5, 5.41) is 22.7. The Hall–Kier alpha value is -5.07. The highest BCUT2D eigenvalue weighted by atomic mass is 16.5. The van der Waals surface area contributed by atoms with E-state index in [-0.39, 0.29) is 17.7 Å². The molecule has 2 N–H and O–H groups in total. The summed E-state index contributed by atoms with van der Waals surface area (Å²) in [6.07, 6.45) is -1.69. The van der Waals surface area contributed by atoms with Gasteiger partial charge in [0.15, 0.2) is 0 Å². The SMILES string of the molecule is C=CCn1c(=O)n(CC(O)COC(=O)c2ccccc2)c(=O)n(CC(O)COC(=O)c2ccc3ccccc3c2)c1=O. The molecule has 0 fully saturated rings. The normalized spacial score (nSPS) is 12.4. The van der Waals surface area contributed by atoms with Crippen molar-refractivity contribution in [3.8, 4) is 0 Å². The first-order chi connectivity index (χ1) is 20.2. The van der Waals surface area contributed by atoms with Crippen LogP contribution in [0.25, 0.3) is 10.8 Å². The van der Waals surface area contributed by atoms with E-state index in [1.54, 1.807) is 36.4 Å². The van der Waals surface area contributed by atoms with Crippen LogP contribution in [-0.2, 0) is 29.1 Å². The highest BCUT2D eigenvalue weighted by molar-refractivity contribution is 5.95. The first-order valence-corrected chi connectivity index (χ1v) is 13.0. The lowest BCUT2D eigenvalue weighted by Gasteiger charge is -2.18. The van der Waals surface area contributed by atoms with Crippen molar-refractivity contribution in [3.63, 3.8) is 0 Å². The van der Waals surface area contributed by atoms with Gasteiger partial charge in [-0.2, -0.15) is 0 Å². The zero-order chi connectivity index (χ0) is 30.2. The van der Waals surface area contributed by atoms with Gasteiger partial charge < -0.3 is 19.7 Å². The van der Waals surface area contributed by atoms with E-state index < -0.39 is 67.5 Å². The molecule has 2 atom stereocenters. The maximum absolute atomic E-state index is 13.1. The van der Waals surface area contributed by atoms with Crippen LogP contribution in [-0.4, -0.2) is 61.3 Å². The molecule has 0 radical (unpaired) electrons. The van der Waals surface area contributed by atoms with Gasteiger partial charge in [-0.05, 0) is 35.0 Å². The molecule has 1 heterocycles. The second kappa shape index (κ2) is 13.5. The number of carbonyl (C=O) groups is 2. The first-order valence-electron chi connectivity index (χ1n) is 13.0. The van der Waals surface area contributed by atoms with Gasteiger partial charge in [0.2, 0.25) is 0 Å². The molecule has 0 saturated carbocycles. The van der Waals surface area contributed by atoms with E-state index in [0.29, 0.717) is 13.7 Å². The van der Waals surface area contributed by atoms with Crippen molar-refractivity contribution in [3.05, 3.63) is 128 Å². The molecule has 0 aliphatic rings. The zero-order valence-corrected chi connectivity index (χ0v) is 22.5. The minimum atomic E-state index is -1.49. The molecule has 2 unspecified atom stereocenters. The molecular formula is C30H29N3O9. The topological polar surface area (TPSA) is 159 Å². The average molecular weight is 576 g/mol. The number of hydrogen-bond donors (Lipinski definition) is 2. The van der Waals surface area contributed by atoms with E-state index in [0.717, 1.165) is 10.8 Å². The Labute approximate surface area is 238 Å². The van der Waals surface area contributed by atoms with E-state index in [4.69, 9.17) is 9.47 Å². The molecular weight excluding hydrogens is 546 g/mol. The minimum Gasteiger partial charge on any atom is -0.459 e. The van der Waals surface area contributed by atoms with Gasteiger partial charge in [-0.25, -0.2) is 37.7 Å². The lowest BCUT2D eigenvalue weighted by Crippen LogP contribution is -2.56. The molecule has 0 saturated heterocycles. The fourth-order valence-electron chi connectivity index (χ4n) is 4.21. The summed E-state index contributed by atoms with van der Waals surface area (Å²) in [7, 11) is 0. The summed E-state index contributed by atoms with van der Waals surface area (Å²) in [5.41, 5.74) is -2.66. The van der Waals surface area contributed by atoms with Gasteiger partial charge in [0.25, 0.3) is 0 Å². The molecule has 1 aromatic heterocycles. The van der Waals surface area contributed by atoms with Gasteiger partial charge in [0.1, 0.15) is 25.4 Å². The third-order valence-electron chi connectivity index (χ3n) is 6.29. The molecule has 0 amide bonds. The molecule has 0 spiro atoms. The summed E-state index contributed by atoms with van der Waals surface area (Å²) in [5.74, 6) is -1.42. The summed E-state index contributed by atoms with van der Waals surface area (Å²) < 4.78 is 12.2. The Balaban J connectivity index is 1.47. The van der Waals surface area contributed by atoms with Gasteiger partial charge >= 0.3 is 29.0 Å². The van der Waals surface area contributed by atoms with Crippen LogP contribution in [0.3, 0.4) is 0 Å². The van der Waals surface area contributed by atoms with Crippen molar-refractivity contribution >= 4 is 22.7 Å². The third-order valence-corrected chi connectivity index (χ3v) is 6.29. The van der Waals surface area contributed by atoms with Gasteiger partial charge in [0.05, 0.1) is 30.8 Å². The molecule has 0 bridgehead atoms. The van der Waals surface area contributed by atoms with Crippen molar-refractivity contribution in [2.24, 2.45) is 0 Å². The van der Waals surface area contributed by atoms with E-state index in [2.05, 4.69) is 6.58 Å². The number of carbonyl (C=O) groups excluding carboxylic acids is 2. The highest BCUT2D eigenvalue weighted by Gasteiger charge is 2.21. The number of aromatic nitrogens is 3. The monoisotopic (exact) mass is 575 g/mol. The largest absolute Gasteiger partial charge is 0.459 e. The summed E-state index contributed by atoms with van der Waals surface area (Å²) in [6, 6.07) is 20.4. The second-order valence-electron chi connectivity index (χ2n) is 9.40. The van der Waals surface area contributed by atoms with E-state index in [1.165, 1.54) is 18.2 Å². The summed E-state index contributed by atoms with van der Waals surface area (Å²) in [6.45, 7) is 0.949. The number of aliphatic hydroxyl groups excluding tert-OH is 2. The van der Waals surface area contributed by atoms with E-state index in [1.807, 2.05) is 24.3 Å². The Morgan fingerprint density at radius 1 is 0.690 bits per heavy atom. The van der Waals surface area contributed by atoms with Crippen LogP contribution in [0.5, 0.6) is 0 Å². The summed E-state index contributed by atoms with van der Waals surface area (Å²) >= 11 is 0. The number of ether oxygens (including phenoxy) is 2. The maximum atomic E-state index is 13.1. The molecule has 0 aliphatic heterocycles. The predicted octanol–water partition coefficient (Wildman–Crippen LogP) is 0.947. The van der Waals surface area contributed by atoms with Crippen LogP contribution in [0.1, 0.15) is 20.7 Å². The van der Waals surface area contributed by atoms with Crippen LogP contribution in [0.2, 0.25) is 0 Å². The van der Waals surface area contributed by atoms with Gasteiger partial charge in [-0.15, -0.1) is 6.58 Å². The second-order valence-corrected chi connectivity index (χ2v) is 9.40. The minimum absolute atomic E-state index is 0.249. The van der Waals surface area contributed by atoms with Crippen LogP contribution in [0, 0.1) is 0 Å². The standard InChI is InChI=1S/C30H29N3O9/c1-2-14-31-28(38)32(16-24(34)18-41-26(36)21-9-4-3-5-10-21)30(40)33(29(31)39)17-25(35)19-42-27(37)23-13-12-20-8-6-7-11-22(20)15-23/h2-13,15,24-25,34-35H,1,14,16-19H2. The number of hydrogen-bond acceptors (Lipinski definition) is 9. The fourth-order valence-corrected chi connectivity index (χ4v) is 4.21. The highest BCUT2D eigenvalue weighted by Crippen LogP contribution is 2.16. The number of rotatable bonds is 12. The molecule has 218 valence electrons. The van der Waals surface area contributed by atoms with Gasteiger partial charge in [-0.1, -0.05) is 54.6 Å².